The van der Waals surface area contributed by atoms with Crippen molar-refractivity contribution in [3.8, 4) is 0 Å². The van der Waals surface area contributed by atoms with Gasteiger partial charge in [0.25, 0.3) is 0 Å². The largest absolute Gasteiger partial charge is 0.481 e. The third-order valence-corrected chi connectivity index (χ3v) is 3.84. The fourth-order valence-electron chi connectivity index (χ4n) is 3.27. The summed E-state index contributed by atoms with van der Waals surface area (Å²) in [5.41, 5.74) is 0. The lowest BCUT2D eigenvalue weighted by Crippen LogP contribution is -2.59. The Labute approximate surface area is 85.1 Å². The molecule has 0 aromatic heterocycles. The maximum absolute atomic E-state index is 11.2. The van der Waals surface area contributed by atoms with E-state index in [1.807, 2.05) is 0 Å². The maximum Gasteiger partial charge on any atom is 0.308 e. The summed E-state index contributed by atoms with van der Waals surface area (Å²) in [6.07, 6.45) is 2.17. The summed E-state index contributed by atoms with van der Waals surface area (Å²) in [5.74, 6) is 0.194. The van der Waals surface area contributed by atoms with Crippen LogP contribution in [0.3, 0.4) is 0 Å². The summed E-state index contributed by atoms with van der Waals surface area (Å²) >= 11 is 0. The lowest BCUT2D eigenvalue weighted by Gasteiger charge is -2.51. The van der Waals surface area contributed by atoms with Crippen LogP contribution in [0, 0.1) is 17.8 Å². The van der Waals surface area contributed by atoms with E-state index in [9.17, 15) is 9.90 Å². The minimum absolute atomic E-state index is 0.113. The maximum atomic E-state index is 11.2. The minimum atomic E-state index is -0.585. The molecular weight excluding hydrogens is 178 g/mol. The number of fused-ring (bicyclic) bond motifs is 3. The van der Waals surface area contributed by atoms with E-state index in [1.165, 1.54) is 0 Å². The van der Waals surface area contributed by atoms with E-state index in [1.54, 1.807) is 0 Å². The molecule has 3 fully saturated rings. The first-order valence-corrected chi connectivity index (χ1v) is 5.58. The van der Waals surface area contributed by atoms with Crippen LogP contribution in [0.25, 0.3) is 0 Å². The first kappa shape index (κ1) is 9.97. The van der Waals surface area contributed by atoms with Gasteiger partial charge in [0, 0.05) is 6.04 Å². The number of carbonyl (C=O) groups is 1. The van der Waals surface area contributed by atoms with E-state index in [0.29, 0.717) is 11.8 Å². The Bertz CT molecular complexity index is 231. The number of carboxylic acids is 1. The van der Waals surface area contributed by atoms with Crippen LogP contribution in [0.5, 0.6) is 0 Å². The van der Waals surface area contributed by atoms with E-state index < -0.39 is 5.97 Å². The summed E-state index contributed by atoms with van der Waals surface area (Å²) < 4.78 is 0. The number of carboxylic acid groups (broad SMARTS) is 1. The Balaban J connectivity index is 2.22. The highest BCUT2D eigenvalue weighted by Gasteiger charge is 2.46. The van der Waals surface area contributed by atoms with Crippen LogP contribution in [0.4, 0.5) is 0 Å². The third-order valence-electron chi connectivity index (χ3n) is 3.84. The zero-order valence-electron chi connectivity index (χ0n) is 8.94. The molecular formula is C11H19NO2. The molecule has 80 valence electrons. The number of rotatable bonds is 2. The zero-order chi connectivity index (χ0) is 10.3. The van der Waals surface area contributed by atoms with Crippen molar-refractivity contribution >= 4 is 5.97 Å². The average Bonchev–Trinajstić information content (AvgIpc) is 2.17. The second-order valence-electron chi connectivity index (χ2n) is 4.97. The molecule has 1 N–H and O–H groups in total. The van der Waals surface area contributed by atoms with Gasteiger partial charge < -0.3 is 5.11 Å². The van der Waals surface area contributed by atoms with Crippen LogP contribution in [0.1, 0.15) is 26.7 Å². The summed E-state index contributed by atoms with van der Waals surface area (Å²) in [4.78, 5) is 13.6. The highest BCUT2D eigenvalue weighted by Crippen LogP contribution is 2.39. The molecule has 3 nitrogen and oxygen atoms in total. The monoisotopic (exact) mass is 197 g/mol. The Morgan fingerprint density at radius 3 is 2.29 bits per heavy atom. The van der Waals surface area contributed by atoms with Gasteiger partial charge in [-0.25, -0.2) is 0 Å². The quantitative estimate of drug-likeness (QED) is 0.728. The molecule has 0 saturated carbocycles. The number of nitrogens with zero attached hydrogens (tertiary/aromatic N) is 1. The van der Waals surface area contributed by atoms with Gasteiger partial charge in [-0.05, 0) is 37.8 Å². The fraction of sp³-hybridized carbons (Fsp3) is 0.909. The molecule has 3 aliphatic heterocycles. The van der Waals surface area contributed by atoms with Gasteiger partial charge in [-0.15, -0.1) is 0 Å². The topological polar surface area (TPSA) is 40.5 Å². The third kappa shape index (κ3) is 1.44. The predicted octanol–water partition coefficient (Wildman–Crippen LogP) is 1.44. The Morgan fingerprint density at radius 1 is 1.36 bits per heavy atom. The second kappa shape index (κ2) is 3.54. The molecule has 3 saturated heterocycles. The highest BCUT2D eigenvalue weighted by molar-refractivity contribution is 5.71. The molecule has 2 bridgehead atoms. The van der Waals surface area contributed by atoms with Crippen molar-refractivity contribution in [1.82, 2.24) is 4.90 Å². The van der Waals surface area contributed by atoms with Crippen molar-refractivity contribution in [2.24, 2.45) is 17.8 Å². The Kier molecular flexibility index (Phi) is 2.52. The lowest BCUT2D eigenvalue weighted by atomic mass is 9.70. The Hall–Kier alpha value is -0.570. The summed E-state index contributed by atoms with van der Waals surface area (Å²) in [5, 5.41) is 9.25. The van der Waals surface area contributed by atoms with E-state index >= 15 is 0 Å². The molecule has 3 heterocycles. The zero-order valence-corrected chi connectivity index (χ0v) is 8.94. The molecule has 0 spiro atoms. The first-order valence-electron chi connectivity index (χ1n) is 5.58. The molecule has 14 heavy (non-hydrogen) atoms. The van der Waals surface area contributed by atoms with Crippen molar-refractivity contribution in [2.45, 2.75) is 32.7 Å². The molecule has 3 heteroatoms. The summed E-state index contributed by atoms with van der Waals surface area (Å²) in [6, 6.07) is 0.278. The van der Waals surface area contributed by atoms with Gasteiger partial charge >= 0.3 is 5.97 Å². The van der Waals surface area contributed by atoms with Crippen LogP contribution >= 0.6 is 0 Å². The van der Waals surface area contributed by atoms with E-state index in [0.717, 1.165) is 25.9 Å². The highest BCUT2D eigenvalue weighted by atomic mass is 16.4. The van der Waals surface area contributed by atoms with Crippen molar-refractivity contribution in [2.75, 3.05) is 13.1 Å². The standard InChI is InChI=1S/C11H19NO2/c1-7(2)10-9(11(13)14)8-3-5-12(10)6-4-8/h7-10H,3-6H2,1-2H3,(H,13,14). The molecule has 0 amide bonds. The lowest BCUT2D eigenvalue weighted by molar-refractivity contribution is -0.155. The van der Waals surface area contributed by atoms with Crippen molar-refractivity contribution < 1.29 is 9.90 Å². The molecule has 3 aliphatic rings. The molecule has 0 aromatic carbocycles. The first-order chi connectivity index (χ1) is 6.61. The van der Waals surface area contributed by atoms with Gasteiger partial charge in [-0.1, -0.05) is 13.8 Å². The van der Waals surface area contributed by atoms with Gasteiger partial charge in [-0.2, -0.15) is 0 Å². The van der Waals surface area contributed by atoms with E-state index in [-0.39, 0.29) is 12.0 Å². The second-order valence-corrected chi connectivity index (χ2v) is 4.97. The molecule has 0 radical (unpaired) electrons. The van der Waals surface area contributed by atoms with Crippen LogP contribution in [0.2, 0.25) is 0 Å². The fourth-order valence-corrected chi connectivity index (χ4v) is 3.27. The normalized spacial score (nSPS) is 41.6. The van der Waals surface area contributed by atoms with Crippen molar-refractivity contribution in [3.05, 3.63) is 0 Å². The smallest absolute Gasteiger partial charge is 0.308 e. The summed E-state index contributed by atoms with van der Waals surface area (Å²) in [7, 11) is 0. The van der Waals surface area contributed by atoms with Crippen LogP contribution in [0.15, 0.2) is 0 Å². The van der Waals surface area contributed by atoms with Crippen LogP contribution in [-0.2, 0) is 4.79 Å². The molecule has 2 unspecified atom stereocenters. The van der Waals surface area contributed by atoms with Gasteiger partial charge in [0.05, 0.1) is 5.92 Å². The molecule has 3 rings (SSSR count). The van der Waals surface area contributed by atoms with Gasteiger partial charge in [0.2, 0.25) is 0 Å². The van der Waals surface area contributed by atoms with E-state index in [4.69, 9.17) is 0 Å². The van der Waals surface area contributed by atoms with E-state index in [2.05, 4.69) is 18.7 Å². The number of aliphatic carboxylic acids is 1. The summed E-state index contributed by atoms with van der Waals surface area (Å²) in [6.45, 7) is 6.50. The van der Waals surface area contributed by atoms with Gasteiger partial charge in [0.15, 0.2) is 0 Å². The SMILES string of the molecule is CC(C)C1C(C(=O)O)C2CCN1CC2. The number of hydrogen-bond donors (Lipinski definition) is 1. The number of piperidine rings is 3. The molecule has 0 aliphatic carbocycles. The van der Waals surface area contributed by atoms with Crippen molar-refractivity contribution in [3.63, 3.8) is 0 Å². The average molecular weight is 197 g/mol. The Morgan fingerprint density at radius 2 is 1.93 bits per heavy atom. The number of hydrogen-bond acceptors (Lipinski definition) is 2. The van der Waals surface area contributed by atoms with Crippen molar-refractivity contribution in [1.29, 1.82) is 0 Å². The van der Waals surface area contributed by atoms with Gasteiger partial charge in [-0.3, -0.25) is 9.69 Å². The predicted molar refractivity (Wildman–Crippen MR) is 54.0 cm³/mol. The molecule has 0 aromatic rings. The van der Waals surface area contributed by atoms with Crippen LogP contribution in [-0.4, -0.2) is 35.1 Å². The van der Waals surface area contributed by atoms with Crippen LogP contribution < -0.4 is 0 Å². The van der Waals surface area contributed by atoms with Gasteiger partial charge in [0.1, 0.15) is 0 Å². The minimum Gasteiger partial charge on any atom is -0.481 e. The molecule has 2 atom stereocenters.